The van der Waals surface area contributed by atoms with E-state index in [9.17, 15) is 9.59 Å². The number of fused-ring (bicyclic) bond motifs is 1. The van der Waals surface area contributed by atoms with Gasteiger partial charge < -0.3 is 5.32 Å². The average Bonchev–Trinajstić information content (AvgIpc) is 2.26. The fourth-order valence-corrected chi connectivity index (χ4v) is 1.93. The number of carbonyl (C=O) groups is 2. The summed E-state index contributed by atoms with van der Waals surface area (Å²) in [6.07, 6.45) is 0.587. The molecular formula is C10H8INO2. The quantitative estimate of drug-likeness (QED) is 0.747. The predicted octanol–water partition coefficient (Wildman–Crippen LogP) is 2.21. The highest BCUT2D eigenvalue weighted by Gasteiger charge is 2.18. The van der Waals surface area contributed by atoms with Crippen LogP contribution in [0.25, 0.3) is 0 Å². The van der Waals surface area contributed by atoms with Gasteiger partial charge in [0.05, 0.1) is 5.69 Å². The number of hydrogen-bond donors (Lipinski definition) is 1. The van der Waals surface area contributed by atoms with E-state index in [4.69, 9.17) is 0 Å². The van der Waals surface area contributed by atoms with E-state index in [0.717, 1.165) is 3.57 Å². The van der Waals surface area contributed by atoms with Crippen molar-refractivity contribution in [3.63, 3.8) is 0 Å². The molecule has 72 valence electrons. The second-order valence-corrected chi connectivity index (χ2v) is 4.41. The molecule has 1 heterocycles. The summed E-state index contributed by atoms with van der Waals surface area (Å²) in [5.41, 5.74) is 1.26. The summed E-state index contributed by atoms with van der Waals surface area (Å²) in [6.45, 7) is 0. The SMILES string of the molecule is O=C1CCC(=O)c2ccc(I)cc2N1. The third-order valence-electron chi connectivity index (χ3n) is 2.14. The Kier molecular flexibility index (Phi) is 2.54. The fourth-order valence-electron chi connectivity index (χ4n) is 1.44. The molecule has 4 heteroatoms. The first-order chi connectivity index (χ1) is 6.66. The number of nitrogens with one attached hydrogen (secondary N) is 1. The smallest absolute Gasteiger partial charge is 0.224 e. The van der Waals surface area contributed by atoms with E-state index < -0.39 is 0 Å². The molecule has 1 aliphatic heterocycles. The second kappa shape index (κ2) is 3.68. The van der Waals surface area contributed by atoms with Crippen molar-refractivity contribution in [1.82, 2.24) is 0 Å². The Balaban J connectivity index is 2.52. The zero-order valence-corrected chi connectivity index (χ0v) is 9.50. The van der Waals surface area contributed by atoms with Crippen LogP contribution >= 0.6 is 22.6 Å². The van der Waals surface area contributed by atoms with Crippen LogP contribution in [0.4, 0.5) is 5.69 Å². The van der Waals surface area contributed by atoms with E-state index in [1.807, 2.05) is 12.1 Å². The number of Topliss-reactive ketones (excluding diaryl/α,β-unsaturated/α-hetero) is 1. The van der Waals surface area contributed by atoms with Crippen molar-refractivity contribution in [3.05, 3.63) is 27.3 Å². The molecule has 0 aromatic heterocycles. The van der Waals surface area contributed by atoms with E-state index >= 15 is 0 Å². The van der Waals surface area contributed by atoms with Crippen LogP contribution in [-0.2, 0) is 4.79 Å². The molecule has 0 aliphatic carbocycles. The molecule has 0 saturated carbocycles. The highest BCUT2D eigenvalue weighted by molar-refractivity contribution is 14.1. The van der Waals surface area contributed by atoms with Crippen molar-refractivity contribution in [1.29, 1.82) is 0 Å². The number of rotatable bonds is 0. The standard InChI is InChI=1S/C10H8INO2/c11-6-1-2-7-8(5-6)12-10(14)4-3-9(7)13/h1-2,5H,3-4H2,(H,12,14). The van der Waals surface area contributed by atoms with Gasteiger partial charge in [-0.3, -0.25) is 9.59 Å². The Labute approximate surface area is 95.0 Å². The van der Waals surface area contributed by atoms with Gasteiger partial charge >= 0.3 is 0 Å². The van der Waals surface area contributed by atoms with Crippen LogP contribution in [0.2, 0.25) is 0 Å². The molecule has 1 aromatic rings. The third kappa shape index (κ3) is 1.79. The molecule has 1 aliphatic rings. The first kappa shape index (κ1) is 9.64. The lowest BCUT2D eigenvalue weighted by atomic mass is 10.1. The lowest BCUT2D eigenvalue weighted by Crippen LogP contribution is -2.09. The van der Waals surface area contributed by atoms with E-state index in [2.05, 4.69) is 27.9 Å². The Morgan fingerprint density at radius 1 is 1.21 bits per heavy atom. The molecule has 0 spiro atoms. The van der Waals surface area contributed by atoms with Gasteiger partial charge in [-0.2, -0.15) is 0 Å². The van der Waals surface area contributed by atoms with Crippen molar-refractivity contribution in [2.45, 2.75) is 12.8 Å². The lowest BCUT2D eigenvalue weighted by Gasteiger charge is -2.05. The number of ketones is 1. The second-order valence-electron chi connectivity index (χ2n) is 3.16. The minimum absolute atomic E-state index is 0.0368. The molecule has 0 unspecified atom stereocenters. The number of halogens is 1. The normalized spacial score (nSPS) is 15.8. The van der Waals surface area contributed by atoms with Crippen LogP contribution < -0.4 is 5.32 Å². The monoisotopic (exact) mass is 301 g/mol. The van der Waals surface area contributed by atoms with Crippen LogP contribution in [0.15, 0.2) is 18.2 Å². The molecule has 1 N–H and O–H groups in total. The van der Waals surface area contributed by atoms with E-state index in [1.54, 1.807) is 6.07 Å². The summed E-state index contributed by atoms with van der Waals surface area (Å²) < 4.78 is 1.01. The maximum absolute atomic E-state index is 11.6. The van der Waals surface area contributed by atoms with Gasteiger partial charge in [-0.25, -0.2) is 0 Å². The topological polar surface area (TPSA) is 46.2 Å². The number of anilines is 1. The summed E-state index contributed by atoms with van der Waals surface area (Å²) in [5.74, 6) is -0.0474. The molecule has 2 rings (SSSR count). The van der Waals surface area contributed by atoms with Gasteiger partial charge in [0, 0.05) is 22.0 Å². The molecule has 1 aromatic carbocycles. The summed E-state index contributed by atoms with van der Waals surface area (Å²) in [4.78, 5) is 22.8. The van der Waals surface area contributed by atoms with Crippen molar-refractivity contribution in [2.24, 2.45) is 0 Å². The number of carbonyl (C=O) groups excluding carboxylic acids is 2. The highest BCUT2D eigenvalue weighted by atomic mass is 127. The molecule has 0 radical (unpaired) electrons. The van der Waals surface area contributed by atoms with Crippen LogP contribution in [0, 0.1) is 3.57 Å². The Morgan fingerprint density at radius 2 is 2.00 bits per heavy atom. The molecule has 3 nitrogen and oxygen atoms in total. The van der Waals surface area contributed by atoms with Gasteiger partial charge in [-0.1, -0.05) is 0 Å². The first-order valence-corrected chi connectivity index (χ1v) is 5.37. The number of benzene rings is 1. The zero-order chi connectivity index (χ0) is 10.1. The van der Waals surface area contributed by atoms with Crippen molar-refractivity contribution in [3.8, 4) is 0 Å². The van der Waals surface area contributed by atoms with Gasteiger partial charge in [0.15, 0.2) is 5.78 Å². The lowest BCUT2D eigenvalue weighted by molar-refractivity contribution is -0.116. The summed E-state index contributed by atoms with van der Waals surface area (Å²) in [5, 5.41) is 2.73. The summed E-state index contributed by atoms with van der Waals surface area (Å²) >= 11 is 2.15. The van der Waals surface area contributed by atoms with Crippen LogP contribution in [-0.4, -0.2) is 11.7 Å². The van der Waals surface area contributed by atoms with Crippen LogP contribution in [0.3, 0.4) is 0 Å². The van der Waals surface area contributed by atoms with Crippen molar-refractivity contribution in [2.75, 3.05) is 5.32 Å². The third-order valence-corrected chi connectivity index (χ3v) is 2.81. The minimum atomic E-state index is -0.0842. The zero-order valence-electron chi connectivity index (χ0n) is 7.34. The van der Waals surface area contributed by atoms with Crippen molar-refractivity contribution >= 4 is 40.0 Å². The summed E-state index contributed by atoms with van der Waals surface area (Å²) in [6, 6.07) is 5.46. The largest absolute Gasteiger partial charge is 0.325 e. The van der Waals surface area contributed by atoms with Gasteiger partial charge in [-0.05, 0) is 40.8 Å². The average molecular weight is 301 g/mol. The molecule has 0 atom stereocenters. The Morgan fingerprint density at radius 3 is 2.79 bits per heavy atom. The van der Waals surface area contributed by atoms with Gasteiger partial charge in [0.25, 0.3) is 0 Å². The molecule has 14 heavy (non-hydrogen) atoms. The Hall–Kier alpha value is -0.910. The van der Waals surface area contributed by atoms with E-state index in [-0.39, 0.29) is 18.1 Å². The van der Waals surface area contributed by atoms with E-state index in [1.165, 1.54) is 0 Å². The Bertz CT molecular complexity index is 415. The molecule has 1 amide bonds. The van der Waals surface area contributed by atoms with Crippen LogP contribution in [0.1, 0.15) is 23.2 Å². The first-order valence-electron chi connectivity index (χ1n) is 4.29. The number of amides is 1. The maximum Gasteiger partial charge on any atom is 0.224 e. The van der Waals surface area contributed by atoms with Crippen LogP contribution in [0.5, 0.6) is 0 Å². The fraction of sp³-hybridized carbons (Fsp3) is 0.200. The van der Waals surface area contributed by atoms with Crippen molar-refractivity contribution < 1.29 is 9.59 Å². The molecule has 0 bridgehead atoms. The minimum Gasteiger partial charge on any atom is -0.325 e. The molecule has 0 saturated heterocycles. The van der Waals surface area contributed by atoms with Gasteiger partial charge in [0.1, 0.15) is 0 Å². The van der Waals surface area contributed by atoms with Gasteiger partial charge in [-0.15, -0.1) is 0 Å². The van der Waals surface area contributed by atoms with E-state index in [0.29, 0.717) is 17.7 Å². The predicted molar refractivity (Wildman–Crippen MR) is 61.4 cm³/mol. The summed E-state index contributed by atoms with van der Waals surface area (Å²) in [7, 11) is 0. The maximum atomic E-state index is 11.6. The van der Waals surface area contributed by atoms with Gasteiger partial charge in [0.2, 0.25) is 5.91 Å². The highest BCUT2D eigenvalue weighted by Crippen LogP contribution is 2.23. The molecule has 0 fully saturated rings. The molecular weight excluding hydrogens is 293 g/mol. The number of hydrogen-bond acceptors (Lipinski definition) is 2.